The third-order valence-corrected chi connectivity index (χ3v) is 3.55. The highest BCUT2D eigenvalue weighted by atomic mass is 79.9. The highest BCUT2D eigenvalue weighted by Crippen LogP contribution is 2.19. The van der Waals surface area contributed by atoms with Gasteiger partial charge in [0.05, 0.1) is 0 Å². The Morgan fingerprint density at radius 1 is 1.19 bits per heavy atom. The van der Waals surface area contributed by atoms with Crippen LogP contribution in [0.25, 0.3) is 11.4 Å². The first-order valence-electron chi connectivity index (χ1n) is 6.50. The van der Waals surface area contributed by atoms with E-state index in [1.807, 2.05) is 48.1 Å². The van der Waals surface area contributed by atoms with E-state index in [-0.39, 0.29) is 0 Å². The van der Waals surface area contributed by atoms with Crippen LogP contribution in [-0.2, 0) is 13.6 Å². The molecule has 0 radical (unpaired) electrons. The Morgan fingerprint density at radius 3 is 2.67 bits per heavy atom. The van der Waals surface area contributed by atoms with Gasteiger partial charge in [0.15, 0.2) is 5.82 Å². The Balaban J connectivity index is 1.69. The fourth-order valence-corrected chi connectivity index (χ4v) is 2.45. The highest BCUT2D eigenvalue weighted by molar-refractivity contribution is 9.10. The molecule has 5 nitrogen and oxygen atoms in total. The molecule has 0 fully saturated rings. The number of halogens is 1. The molecule has 21 heavy (non-hydrogen) atoms. The van der Waals surface area contributed by atoms with Crippen LogP contribution >= 0.6 is 15.9 Å². The molecular formula is C15H14BrN5. The van der Waals surface area contributed by atoms with Crippen LogP contribution in [0.1, 0.15) is 5.56 Å². The molecule has 0 saturated carbocycles. The van der Waals surface area contributed by atoms with E-state index in [4.69, 9.17) is 0 Å². The lowest BCUT2D eigenvalue weighted by atomic mass is 10.2. The molecule has 3 aromatic rings. The number of nitrogens with one attached hydrogen (secondary N) is 1. The molecule has 0 amide bonds. The van der Waals surface area contributed by atoms with Crippen molar-refractivity contribution in [3.63, 3.8) is 0 Å². The molecule has 0 saturated heterocycles. The second kappa shape index (κ2) is 6.05. The predicted molar refractivity (Wildman–Crippen MR) is 85.7 cm³/mol. The van der Waals surface area contributed by atoms with Crippen molar-refractivity contribution in [1.82, 2.24) is 19.7 Å². The Labute approximate surface area is 131 Å². The average molecular weight is 344 g/mol. The van der Waals surface area contributed by atoms with Crippen molar-refractivity contribution >= 4 is 21.6 Å². The van der Waals surface area contributed by atoms with Gasteiger partial charge in [0.25, 0.3) is 0 Å². The van der Waals surface area contributed by atoms with E-state index in [0.717, 1.165) is 33.7 Å². The zero-order chi connectivity index (χ0) is 14.7. The molecule has 0 bridgehead atoms. The van der Waals surface area contributed by atoms with Gasteiger partial charge in [-0.3, -0.25) is 4.98 Å². The number of hydrogen-bond donors (Lipinski definition) is 1. The Bertz CT molecular complexity index is 736. The lowest BCUT2D eigenvalue weighted by molar-refractivity contribution is 0.920. The van der Waals surface area contributed by atoms with Gasteiger partial charge in [0, 0.05) is 41.7 Å². The summed E-state index contributed by atoms with van der Waals surface area (Å²) in [5.41, 5.74) is 3.23. The smallest absolute Gasteiger partial charge is 0.163 e. The quantitative estimate of drug-likeness (QED) is 0.789. The summed E-state index contributed by atoms with van der Waals surface area (Å²) in [4.78, 5) is 4.15. The summed E-state index contributed by atoms with van der Waals surface area (Å²) in [6.07, 6.45) is 5.33. The zero-order valence-corrected chi connectivity index (χ0v) is 13.1. The number of aryl methyl sites for hydroxylation is 1. The van der Waals surface area contributed by atoms with Gasteiger partial charge < -0.3 is 9.88 Å². The van der Waals surface area contributed by atoms with E-state index in [0.29, 0.717) is 0 Å². The molecule has 2 aromatic heterocycles. The summed E-state index contributed by atoms with van der Waals surface area (Å²) in [7, 11) is 1.93. The van der Waals surface area contributed by atoms with Crippen LogP contribution in [0.5, 0.6) is 0 Å². The minimum Gasteiger partial charge on any atom is -0.381 e. The monoisotopic (exact) mass is 343 g/mol. The van der Waals surface area contributed by atoms with E-state index in [9.17, 15) is 0 Å². The lowest BCUT2D eigenvalue weighted by Crippen LogP contribution is -2.00. The third-order valence-electron chi connectivity index (χ3n) is 3.11. The van der Waals surface area contributed by atoms with Crippen LogP contribution in [0.15, 0.2) is 53.5 Å². The lowest BCUT2D eigenvalue weighted by Gasteiger charge is -2.07. The van der Waals surface area contributed by atoms with Crippen LogP contribution in [-0.4, -0.2) is 19.7 Å². The van der Waals surface area contributed by atoms with Crippen LogP contribution in [0.4, 0.5) is 5.69 Å². The Kier molecular flexibility index (Phi) is 3.96. The largest absolute Gasteiger partial charge is 0.381 e. The molecule has 2 heterocycles. The van der Waals surface area contributed by atoms with Crippen molar-refractivity contribution in [1.29, 1.82) is 0 Å². The van der Waals surface area contributed by atoms with E-state index >= 15 is 0 Å². The van der Waals surface area contributed by atoms with Gasteiger partial charge in [-0.15, -0.1) is 10.2 Å². The fourth-order valence-electron chi connectivity index (χ4n) is 2.04. The minimum absolute atomic E-state index is 0.732. The van der Waals surface area contributed by atoms with Crippen molar-refractivity contribution in [2.45, 2.75) is 6.54 Å². The number of hydrogen-bond acceptors (Lipinski definition) is 4. The minimum atomic E-state index is 0.732. The van der Waals surface area contributed by atoms with Crippen molar-refractivity contribution in [3.8, 4) is 11.4 Å². The van der Waals surface area contributed by atoms with Gasteiger partial charge in [-0.05, 0) is 51.8 Å². The second-order valence-corrected chi connectivity index (χ2v) is 5.62. The van der Waals surface area contributed by atoms with Gasteiger partial charge in [0.2, 0.25) is 0 Å². The average Bonchev–Trinajstić information content (AvgIpc) is 2.92. The summed E-state index contributed by atoms with van der Waals surface area (Å²) >= 11 is 3.42. The van der Waals surface area contributed by atoms with Crippen molar-refractivity contribution in [2.24, 2.45) is 7.05 Å². The summed E-state index contributed by atoms with van der Waals surface area (Å²) < 4.78 is 2.88. The van der Waals surface area contributed by atoms with Gasteiger partial charge in [-0.25, -0.2) is 0 Å². The van der Waals surface area contributed by atoms with Crippen molar-refractivity contribution < 1.29 is 0 Å². The summed E-state index contributed by atoms with van der Waals surface area (Å²) in [6, 6.07) is 10.2. The SMILES string of the molecule is Cn1cnnc1-c1ccc(NCc2cncc(Br)c2)cc1. The molecule has 1 N–H and O–H groups in total. The van der Waals surface area contributed by atoms with Crippen LogP contribution < -0.4 is 5.32 Å². The normalized spacial score (nSPS) is 10.6. The maximum atomic E-state index is 4.15. The number of pyridine rings is 1. The maximum absolute atomic E-state index is 4.15. The van der Waals surface area contributed by atoms with Crippen molar-refractivity contribution in [3.05, 3.63) is 59.1 Å². The zero-order valence-electron chi connectivity index (χ0n) is 11.5. The molecule has 0 aliphatic rings. The standard InChI is InChI=1S/C15H14BrN5/c1-21-10-19-20-15(21)12-2-4-14(5-3-12)18-8-11-6-13(16)9-17-7-11/h2-7,9-10,18H,8H2,1H3. The van der Waals surface area contributed by atoms with Crippen LogP contribution in [0.3, 0.4) is 0 Å². The van der Waals surface area contributed by atoms with Crippen LogP contribution in [0, 0.1) is 0 Å². The molecule has 3 rings (SSSR count). The summed E-state index contributed by atoms with van der Waals surface area (Å²) in [5, 5.41) is 11.4. The molecule has 1 aromatic carbocycles. The fraction of sp³-hybridized carbons (Fsp3) is 0.133. The molecular weight excluding hydrogens is 330 g/mol. The summed E-state index contributed by atoms with van der Waals surface area (Å²) in [5.74, 6) is 0.859. The number of aromatic nitrogens is 4. The number of rotatable bonds is 4. The molecule has 0 unspecified atom stereocenters. The summed E-state index contributed by atoms with van der Waals surface area (Å²) in [6.45, 7) is 0.732. The van der Waals surface area contributed by atoms with Gasteiger partial charge in [0.1, 0.15) is 6.33 Å². The second-order valence-electron chi connectivity index (χ2n) is 4.71. The van der Waals surface area contributed by atoms with Crippen LogP contribution in [0.2, 0.25) is 0 Å². The van der Waals surface area contributed by atoms with Gasteiger partial charge >= 0.3 is 0 Å². The number of anilines is 1. The van der Waals surface area contributed by atoms with E-state index in [2.05, 4.69) is 36.4 Å². The molecule has 0 aliphatic carbocycles. The topological polar surface area (TPSA) is 55.6 Å². The highest BCUT2D eigenvalue weighted by Gasteiger charge is 2.04. The maximum Gasteiger partial charge on any atom is 0.163 e. The van der Waals surface area contributed by atoms with E-state index < -0.39 is 0 Å². The van der Waals surface area contributed by atoms with E-state index in [1.165, 1.54) is 0 Å². The number of nitrogens with zero attached hydrogens (tertiary/aromatic N) is 4. The molecule has 0 atom stereocenters. The molecule has 0 aliphatic heterocycles. The molecule has 6 heteroatoms. The van der Waals surface area contributed by atoms with E-state index in [1.54, 1.807) is 12.5 Å². The van der Waals surface area contributed by atoms with Crippen molar-refractivity contribution in [2.75, 3.05) is 5.32 Å². The first-order valence-corrected chi connectivity index (χ1v) is 7.29. The van der Waals surface area contributed by atoms with Gasteiger partial charge in [-0.2, -0.15) is 0 Å². The molecule has 0 spiro atoms. The first-order chi connectivity index (χ1) is 10.2. The van der Waals surface area contributed by atoms with Gasteiger partial charge in [-0.1, -0.05) is 0 Å². The molecule has 106 valence electrons. The Hall–Kier alpha value is -2.21. The third kappa shape index (κ3) is 3.28. The number of benzene rings is 1. The predicted octanol–water partition coefficient (Wildman–Crippen LogP) is 3.25. The Morgan fingerprint density at radius 2 is 2.00 bits per heavy atom. The first kappa shape index (κ1) is 13.8.